The summed E-state index contributed by atoms with van der Waals surface area (Å²) in [6.45, 7) is 0. The van der Waals surface area contributed by atoms with Gasteiger partial charge >= 0.3 is 6.36 Å². The first-order valence-electron chi connectivity index (χ1n) is 5.44. The third-order valence-corrected chi connectivity index (χ3v) is 2.28. The molecule has 1 aromatic heterocycles. The largest absolute Gasteiger partial charge is 0.573 e. The summed E-state index contributed by atoms with van der Waals surface area (Å²) in [5, 5.41) is 2.42. The molecule has 1 amide bonds. The first-order valence-corrected chi connectivity index (χ1v) is 5.44. The number of hydrogen-bond acceptors (Lipinski definition) is 3. The highest BCUT2D eigenvalue weighted by molar-refractivity contribution is 6.03. The molecule has 0 aliphatic heterocycles. The molecule has 2 rings (SSSR count). The molecule has 0 bridgehead atoms. The van der Waals surface area contributed by atoms with Gasteiger partial charge in [0, 0.05) is 23.6 Å². The number of nitrogen functional groups attached to an aromatic ring is 1. The van der Waals surface area contributed by atoms with Gasteiger partial charge in [0.1, 0.15) is 11.4 Å². The lowest BCUT2D eigenvalue weighted by atomic mass is 10.3. The van der Waals surface area contributed by atoms with Crippen molar-refractivity contribution in [3.8, 4) is 5.75 Å². The topological polar surface area (TPSA) is 80.1 Å². The smallest absolute Gasteiger partial charge is 0.406 e. The molecule has 1 heterocycles. The number of carbonyl (C=O) groups is 1. The number of aromatic amines is 1. The molecule has 4 N–H and O–H groups in total. The van der Waals surface area contributed by atoms with Gasteiger partial charge < -0.3 is 20.8 Å². The van der Waals surface area contributed by atoms with Crippen LogP contribution in [0.4, 0.5) is 24.5 Å². The van der Waals surface area contributed by atoms with Gasteiger partial charge in [0.2, 0.25) is 0 Å². The van der Waals surface area contributed by atoms with Gasteiger partial charge in [-0.2, -0.15) is 0 Å². The molecule has 2 aromatic rings. The zero-order valence-corrected chi connectivity index (χ0v) is 9.99. The fraction of sp³-hybridized carbons (Fsp3) is 0.0833. The molecule has 8 heteroatoms. The summed E-state index contributed by atoms with van der Waals surface area (Å²) in [6, 6.07) is 6.38. The van der Waals surface area contributed by atoms with Crippen LogP contribution in [0.3, 0.4) is 0 Å². The molecule has 0 fully saturated rings. The van der Waals surface area contributed by atoms with Crippen LogP contribution < -0.4 is 15.8 Å². The lowest BCUT2D eigenvalue weighted by Gasteiger charge is -2.10. The number of nitrogens with one attached hydrogen (secondary N) is 2. The van der Waals surface area contributed by atoms with Crippen molar-refractivity contribution in [1.29, 1.82) is 0 Å². The standard InChI is InChI=1S/C12H10F3N3O2/c13-12(14,15)20-9-3-1-2-8(5-9)18-11(19)10-4-7(16)6-17-10/h1-6,17H,16H2,(H,18,19). The Labute approximate surface area is 111 Å². The highest BCUT2D eigenvalue weighted by atomic mass is 19.4. The number of benzene rings is 1. The number of halogens is 3. The number of H-pyrrole nitrogens is 1. The zero-order chi connectivity index (χ0) is 14.8. The molecule has 0 aliphatic rings. The second kappa shape index (κ2) is 5.16. The first-order chi connectivity index (χ1) is 9.33. The van der Waals surface area contributed by atoms with Crippen molar-refractivity contribution in [2.75, 3.05) is 11.1 Å². The maximum absolute atomic E-state index is 12.1. The van der Waals surface area contributed by atoms with E-state index >= 15 is 0 Å². The number of amides is 1. The highest BCUT2D eigenvalue weighted by Crippen LogP contribution is 2.25. The van der Waals surface area contributed by atoms with Gasteiger partial charge in [0.05, 0.1) is 0 Å². The van der Waals surface area contributed by atoms with E-state index in [1.807, 2.05) is 0 Å². The van der Waals surface area contributed by atoms with Crippen molar-refractivity contribution < 1.29 is 22.7 Å². The Morgan fingerprint density at radius 2 is 2.05 bits per heavy atom. The molecule has 0 unspecified atom stereocenters. The van der Waals surface area contributed by atoms with E-state index < -0.39 is 18.0 Å². The SMILES string of the molecule is Nc1c[nH]c(C(=O)Nc2cccc(OC(F)(F)F)c2)c1. The Balaban J connectivity index is 2.10. The number of alkyl halides is 3. The van der Waals surface area contributed by atoms with Crippen LogP contribution in [0.1, 0.15) is 10.5 Å². The molecule has 20 heavy (non-hydrogen) atoms. The van der Waals surface area contributed by atoms with Crippen LogP contribution in [0.2, 0.25) is 0 Å². The van der Waals surface area contributed by atoms with Gasteiger partial charge in [-0.3, -0.25) is 4.79 Å². The van der Waals surface area contributed by atoms with Crippen molar-refractivity contribution in [2.24, 2.45) is 0 Å². The van der Waals surface area contributed by atoms with Crippen molar-refractivity contribution in [1.82, 2.24) is 4.98 Å². The van der Waals surface area contributed by atoms with Crippen LogP contribution in [-0.4, -0.2) is 17.3 Å². The number of rotatable bonds is 3. The highest BCUT2D eigenvalue weighted by Gasteiger charge is 2.31. The molecule has 0 radical (unpaired) electrons. The van der Waals surface area contributed by atoms with E-state index in [0.717, 1.165) is 12.1 Å². The van der Waals surface area contributed by atoms with E-state index in [1.165, 1.54) is 24.4 Å². The minimum absolute atomic E-state index is 0.171. The van der Waals surface area contributed by atoms with Gasteiger partial charge in [-0.05, 0) is 18.2 Å². The van der Waals surface area contributed by atoms with E-state index in [0.29, 0.717) is 5.69 Å². The summed E-state index contributed by atoms with van der Waals surface area (Å²) >= 11 is 0. The predicted molar refractivity (Wildman–Crippen MR) is 66.3 cm³/mol. The molecule has 0 aliphatic carbocycles. The second-order valence-electron chi connectivity index (χ2n) is 3.88. The summed E-state index contributed by atoms with van der Waals surface area (Å²) in [7, 11) is 0. The molecule has 0 saturated carbocycles. The van der Waals surface area contributed by atoms with Crippen molar-refractivity contribution in [2.45, 2.75) is 6.36 Å². The average Bonchev–Trinajstić information content (AvgIpc) is 2.74. The van der Waals surface area contributed by atoms with Crippen LogP contribution in [0.25, 0.3) is 0 Å². The van der Waals surface area contributed by atoms with Crippen LogP contribution >= 0.6 is 0 Å². The third kappa shape index (κ3) is 3.67. The number of aromatic nitrogens is 1. The average molecular weight is 285 g/mol. The third-order valence-electron chi connectivity index (χ3n) is 2.28. The van der Waals surface area contributed by atoms with Crippen LogP contribution in [0.15, 0.2) is 36.5 Å². The van der Waals surface area contributed by atoms with Crippen LogP contribution in [0.5, 0.6) is 5.75 Å². The summed E-state index contributed by atoms with van der Waals surface area (Å²) in [4.78, 5) is 14.4. The molecular weight excluding hydrogens is 275 g/mol. The second-order valence-corrected chi connectivity index (χ2v) is 3.88. The Morgan fingerprint density at radius 1 is 1.30 bits per heavy atom. The number of hydrogen-bond donors (Lipinski definition) is 3. The fourth-order valence-electron chi connectivity index (χ4n) is 1.51. The van der Waals surface area contributed by atoms with Crippen molar-refractivity contribution in [3.63, 3.8) is 0 Å². The molecule has 1 aromatic carbocycles. The number of nitrogens with two attached hydrogens (primary N) is 1. The lowest BCUT2D eigenvalue weighted by molar-refractivity contribution is -0.274. The van der Waals surface area contributed by atoms with Gasteiger partial charge in [0.15, 0.2) is 0 Å². The molecular formula is C12H10F3N3O2. The molecule has 0 atom stereocenters. The summed E-state index contributed by atoms with van der Waals surface area (Å²) in [6.07, 6.45) is -3.35. The minimum Gasteiger partial charge on any atom is -0.406 e. The van der Waals surface area contributed by atoms with Crippen LogP contribution in [-0.2, 0) is 0 Å². The number of ether oxygens (including phenoxy) is 1. The monoisotopic (exact) mass is 285 g/mol. The van der Waals surface area contributed by atoms with E-state index in [1.54, 1.807) is 0 Å². The van der Waals surface area contributed by atoms with E-state index in [9.17, 15) is 18.0 Å². The van der Waals surface area contributed by atoms with Crippen LogP contribution in [0, 0.1) is 0 Å². The van der Waals surface area contributed by atoms with Gasteiger partial charge in [-0.25, -0.2) is 0 Å². The summed E-state index contributed by atoms with van der Waals surface area (Å²) in [5.74, 6) is -0.938. The van der Waals surface area contributed by atoms with Crippen molar-refractivity contribution in [3.05, 3.63) is 42.2 Å². The number of carbonyl (C=O) groups excluding carboxylic acids is 1. The zero-order valence-electron chi connectivity index (χ0n) is 9.99. The Hall–Kier alpha value is -2.64. The summed E-state index contributed by atoms with van der Waals surface area (Å²) < 4.78 is 40.0. The maximum atomic E-state index is 12.1. The quantitative estimate of drug-likeness (QED) is 0.811. The Morgan fingerprint density at radius 3 is 2.65 bits per heavy atom. The molecule has 0 saturated heterocycles. The van der Waals surface area contributed by atoms with E-state index in [2.05, 4.69) is 15.0 Å². The molecule has 0 spiro atoms. The maximum Gasteiger partial charge on any atom is 0.573 e. The van der Waals surface area contributed by atoms with Gasteiger partial charge in [0.25, 0.3) is 5.91 Å². The van der Waals surface area contributed by atoms with E-state index in [4.69, 9.17) is 5.73 Å². The normalized spacial score (nSPS) is 11.2. The predicted octanol–water partition coefficient (Wildman–Crippen LogP) is 2.75. The first kappa shape index (κ1) is 13.8. The van der Waals surface area contributed by atoms with Gasteiger partial charge in [-0.1, -0.05) is 6.07 Å². The number of anilines is 2. The summed E-state index contributed by atoms with van der Waals surface area (Å²) in [5.41, 5.74) is 6.20. The molecule has 5 nitrogen and oxygen atoms in total. The Kier molecular flexibility index (Phi) is 3.55. The Bertz CT molecular complexity index is 622. The minimum atomic E-state index is -4.78. The molecule has 106 valence electrons. The van der Waals surface area contributed by atoms with Crippen molar-refractivity contribution >= 4 is 17.3 Å². The fourth-order valence-corrected chi connectivity index (χ4v) is 1.51. The van der Waals surface area contributed by atoms with Gasteiger partial charge in [-0.15, -0.1) is 13.2 Å². The lowest BCUT2D eigenvalue weighted by Crippen LogP contribution is -2.17. The van der Waals surface area contributed by atoms with E-state index in [-0.39, 0.29) is 11.4 Å².